The summed E-state index contributed by atoms with van der Waals surface area (Å²) in [5.74, 6) is -0.287. The zero-order valence-electron chi connectivity index (χ0n) is 16.4. The molecule has 0 spiro atoms. The van der Waals surface area contributed by atoms with E-state index in [2.05, 4.69) is 5.32 Å². The Morgan fingerprint density at radius 3 is 2.52 bits per heavy atom. The molecule has 1 N–H and O–H groups in total. The van der Waals surface area contributed by atoms with Crippen LogP contribution >= 0.6 is 11.6 Å². The SMILES string of the molecule is O=C(NCc1ccc(Cl)cc1)[C@@H]1CCCN(S(=O)(=O)CCCc2ccccc2)C1. The molecule has 2 aromatic rings. The third-order valence-corrected chi connectivity index (χ3v) is 7.41. The second-order valence-electron chi connectivity index (χ2n) is 7.45. The number of carbonyl (C=O) groups is 1. The number of amides is 1. The summed E-state index contributed by atoms with van der Waals surface area (Å²) in [7, 11) is -3.35. The van der Waals surface area contributed by atoms with E-state index in [-0.39, 0.29) is 24.1 Å². The van der Waals surface area contributed by atoms with E-state index in [1.807, 2.05) is 42.5 Å². The molecule has 1 aliphatic heterocycles. The molecule has 0 radical (unpaired) electrons. The lowest BCUT2D eigenvalue weighted by Gasteiger charge is -2.31. The Bertz CT molecular complexity index is 901. The molecular formula is C22H27ClN2O3S. The number of nitrogens with one attached hydrogen (secondary N) is 1. The van der Waals surface area contributed by atoms with Crippen molar-refractivity contribution in [3.05, 3.63) is 70.7 Å². The van der Waals surface area contributed by atoms with Gasteiger partial charge in [-0.05, 0) is 48.9 Å². The van der Waals surface area contributed by atoms with Crippen LogP contribution in [0, 0.1) is 5.92 Å². The van der Waals surface area contributed by atoms with Crippen LogP contribution in [0.15, 0.2) is 54.6 Å². The van der Waals surface area contributed by atoms with Gasteiger partial charge in [0.15, 0.2) is 0 Å². The minimum absolute atomic E-state index is 0.0934. The van der Waals surface area contributed by atoms with Crippen LogP contribution in [0.25, 0.3) is 0 Å². The fourth-order valence-corrected chi connectivity index (χ4v) is 5.28. The lowest BCUT2D eigenvalue weighted by atomic mass is 9.99. The molecular weight excluding hydrogens is 408 g/mol. The quantitative estimate of drug-likeness (QED) is 0.689. The predicted octanol–water partition coefficient (Wildman–Crippen LogP) is 3.63. The number of nitrogens with zero attached hydrogens (tertiary/aromatic N) is 1. The summed E-state index contributed by atoms with van der Waals surface area (Å²) in [4.78, 5) is 12.6. The molecule has 1 atom stereocenters. The molecule has 29 heavy (non-hydrogen) atoms. The number of sulfonamides is 1. The van der Waals surface area contributed by atoms with Gasteiger partial charge in [0.25, 0.3) is 0 Å². The first-order valence-electron chi connectivity index (χ1n) is 9.98. The smallest absolute Gasteiger partial charge is 0.224 e. The summed E-state index contributed by atoms with van der Waals surface area (Å²) in [6, 6.07) is 17.2. The number of benzene rings is 2. The highest BCUT2D eigenvalue weighted by Gasteiger charge is 2.31. The number of hydrogen-bond donors (Lipinski definition) is 1. The molecule has 7 heteroatoms. The van der Waals surface area contributed by atoms with Gasteiger partial charge in [-0.3, -0.25) is 4.79 Å². The Kier molecular flexibility index (Phi) is 7.70. The van der Waals surface area contributed by atoms with Crippen LogP contribution in [-0.4, -0.2) is 37.5 Å². The van der Waals surface area contributed by atoms with Crippen LogP contribution in [0.4, 0.5) is 0 Å². The fraction of sp³-hybridized carbons (Fsp3) is 0.409. The Labute approximate surface area is 178 Å². The summed E-state index contributed by atoms with van der Waals surface area (Å²) in [6.45, 7) is 1.17. The Balaban J connectivity index is 1.49. The van der Waals surface area contributed by atoms with Crippen molar-refractivity contribution in [1.82, 2.24) is 9.62 Å². The number of carbonyl (C=O) groups excluding carboxylic acids is 1. The molecule has 156 valence electrons. The van der Waals surface area contributed by atoms with Gasteiger partial charge in [-0.25, -0.2) is 12.7 Å². The van der Waals surface area contributed by atoms with Gasteiger partial charge in [-0.2, -0.15) is 0 Å². The molecule has 1 saturated heterocycles. The van der Waals surface area contributed by atoms with E-state index in [1.165, 1.54) is 4.31 Å². The van der Waals surface area contributed by atoms with Crippen LogP contribution in [0.1, 0.15) is 30.4 Å². The maximum absolute atomic E-state index is 12.7. The van der Waals surface area contributed by atoms with Gasteiger partial charge in [-0.1, -0.05) is 54.1 Å². The van der Waals surface area contributed by atoms with Gasteiger partial charge in [0, 0.05) is 24.7 Å². The third-order valence-electron chi connectivity index (χ3n) is 5.24. The molecule has 3 rings (SSSR count). The van der Waals surface area contributed by atoms with Gasteiger partial charge < -0.3 is 5.32 Å². The van der Waals surface area contributed by atoms with E-state index in [0.717, 1.165) is 17.5 Å². The molecule has 5 nitrogen and oxygen atoms in total. The summed E-state index contributed by atoms with van der Waals surface area (Å²) in [5, 5.41) is 3.57. The Morgan fingerprint density at radius 2 is 1.79 bits per heavy atom. The van der Waals surface area contributed by atoms with Crippen LogP contribution in [0.2, 0.25) is 5.02 Å². The number of halogens is 1. The van der Waals surface area contributed by atoms with Crippen LogP contribution in [0.5, 0.6) is 0 Å². The highest BCUT2D eigenvalue weighted by molar-refractivity contribution is 7.89. The highest BCUT2D eigenvalue weighted by Crippen LogP contribution is 2.21. The predicted molar refractivity (Wildman–Crippen MR) is 116 cm³/mol. The van der Waals surface area contributed by atoms with Gasteiger partial charge in [-0.15, -0.1) is 0 Å². The van der Waals surface area contributed by atoms with E-state index in [0.29, 0.717) is 37.4 Å². The van der Waals surface area contributed by atoms with Crippen molar-refractivity contribution in [3.63, 3.8) is 0 Å². The lowest BCUT2D eigenvalue weighted by molar-refractivity contribution is -0.126. The second-order valence-corrected chi connectivity index (χ2v) is 9.97. The summed E-state index contributed by atoms with van der Waals surface area (Å²) < 4.78 is 27.0. The van der Waals surface area contributed by atoms with Gasteiger partial charge >= 0.3 is 0 Å². The summed E-state index contributed by atoms with van der Waals surface area (Å²) in [6.07, 6.45) is 2.73. The fourth-order valence-electron chi connectivity index (χ4n) is 3.58. The van der Waals surface area contributed by atoms with Crippen molar-refractivity contribution in [1.29, 1.82) is 0 Å². The van der Waals surface area contributed by atoms with Crippen LogP contribution in [0.3, 0.4) is 0 Å². The number of aryl methyl sites for hydroxylation is 1. The maximum Gasteiger partial charge on any atom is 0.224 e. The third kappa shape index (κ3) is 6.56. The largest absolute Gasteiger partial charge is 0.352 e. The lowest BCUT2D eigenvalue weighted by Crippen LogP contribution is -2.46. The standard InChI is InChI=1S/C22H27ClN2O3S/c23-21-12-10-19(11-13-21)16-24-22(26)20-9-4-14-25(17-20)29(27,28)15-5-8-18-6-2-1-3-7-18/h1-3,6-7,10-13,20H,4-5,8-9,14-17H2,(H,24,26)/t20-/m1/s1. The monoisotopic (exact) mass is 434 g/mol. The molecule has 0 unspecified atom stereocenters. The van der Waals surface area contributed by atoms with Crippen molar-refractivity contribution in [2.75, 3.05) is 18.8 Å². The van der Waals surface area contributed by atoms with Crippen LogP contribution in [-0.2, 0) is 27.8 Å². The zero-order valence-corrected chi connectivity index (χ0v) is 18.0. The van der Waals surface area contributed by atoms with Gasteiger partial charge in [0.1, 0.15) is 0 Å². The van der Waals surface area contributed by atoms with E-state index in [1.54, 1.807) is 12.1 Å². The summed E-state index contributed by atoms with van der Waals surface area (Å²) in [5.41, 5.74) is 2.10. The first-order valence-corrected chi connectivity index (χ1v) is 12.0. The normalized spacial score (nSPS) is 17.8. The van der Waals surface area contributed by atoms with Gasteiger partial charge in [0.2, 0.25) is 15.9 Å². The van der Waals surface area contributed by atoms with Crippen molar-refractivity contribution < 1.29 is 13.2 Å². The second kappa shape index (κ2) is 10.2. The van der Waals surface area contributed by atoms with E-state index >= 15 is 0 Å². The molecule has 0 bridgehead atoms. The van der Waals surface area contributed by atoms with Crippen molar-refractivity contribution in [2.24, 2.45) is 5.92 Å². The van der Waals surface area contributed by atoms with Crippen molar-refractivity contribution in [3.8, 4) is 0 Å². The van der Waals surface area contributed by atoms with E-state index in [9.17, 15) is 13.2 Å². The Morgan fingerprint density at radius 1 is 1.07 bits per heavy atom. The number of hydrogen-bond acceptors (Lipinski definition) is 3. The molecule has 1 heterocycles. The average Bonchev–Trinajstić information content (AvgIpc) is 2.74. The molecule has 0 aromatic heterocycles. The number of piperidine rings is 1. The summed E-state index contributed by atoms with van der Waals surface area (Å²) >= 11 is 5.88. The van der Waals surface area contributed by atoms with Crippen molar-refractivity contribution in [2.45, 2.75) is 32.2 Å². The van der Waals surface area contributed by atoms with Crippen LogP contribution < -0.4 is 5.32 Å². The minimum Gasteiger partial charge on any atom is -0.352 e. The molecule has 0 saturated carbocycles. The van der Waals surface area contributed by atoms with E-state index in [4.69, 9.17) is 11.6 Å². The molecule has 2 aromatic carbocycles. The van der Waals surface area contributed by atoms with Crippen molar-refractivity contribution >= 4 is 27.5 Å². The van der Waals surface area contributed by atoms with Gasteiger partial charge in [0.05, 0.1) is 11.7 Å². The topological polar surface area (TPSA) is 66.5 Å². The first kappa shape index (κ1) is 21.8. The minimum atomic E-state index is -3.35. The van der Waals surface area contributed by atoms with E-state index < -0.39 is 10.0 Å². The number of rotatable bonds is 8. The molecule has 1 aliphatic rings. The molecule has 0 aliphatic carbocycles. The Hall–Kier alpha value is -1.89. The molecule has 1 fully saturated rings. The molecule has 1 amide bonds. The zero-order chi connectivity index (χ0) is 20.7. The maximum atomic E-state index is 12.7. The average molecular weight is 435 g/mol. The first-order chi connectivity index (χ1) is 13.9. The highest BCUT2D eigenvalue weighted by atomic mass is 35.5.